The van der Waals surface area contributed by atoms with Crippen molar-refractivity contribution in [3.63, 3.8) is 0 Å². The molecule has 0 amide bonds. The van der Waals surface area contributed by atoms with Crippen LogP contribution in [0.3, 0.4) is 0 Å². The van der Waals surface area contributed by atoms with Gasteiger partial charge in [-0.05, 0) is 50.3 Å². The molecule has 6 nitrogen and oxygen atoms in total. The third-order valence-corrected chi connectivity index (χ3v) is 6.96. The lowest BCUT2D eigenvalue weighted by Crippen LogP contribution is -2.10. The van der Waals surface area contributed by atoms with Crippen LogP contribution in [0.15, 0.2) is 83.6 Å². The summed E-state index contributed by atoms with van der Waals surface area (Å²) in [4.78, 5) is 13.1. The van der Waals surface area contributed by atoms with Gasteiger partial charge in [-0.2, -0.15) is 8.42 Å². The summed E-state index contributed by atoms with van der Waals surface area (Å²) in [5, 5.41) is 1.02. The van der Waals surface area contributed by atoms with Crippen LogP contribution in [0.1, 0.15) is 28.4 Å². The van der Waals surface area contributed by atoms with Crippen molar-refractivity contribution in [3.8, 4) is 11.5 Å². The van der Waals surface area contributed by atoms with Gasteiger partial charge in [-0.15, -0.1) is 0 Å². The van der Waals surface area contributed by atoms with E-state index >= 15 is 0 Å². The maximum Gasteiger partial charge on any atom is 0.339 e. The van der Waals surface area contributed by atoms with E-state index in [9.17, 15) is 13.2 Å². The van der Waals surface area contributed by atoms with Gasteiger partial charge in [0.15, 0.2) is 5.76 Å². The molecule has 5 rings (SSSR count). The normalized spacial score (nSPS) is 14.5. The molecule has 1 aliphatic heterocycles. The van der Waals surface area contributed by atoms with Crippen LogP contribution in [0.4, 0.5) is 0 Å². The molecule has 0 unspecified atom stereocenters. The number of Topliss-reactive ketones (excluding diaryl/α,β-unsaturated/α-hetero) is 1. The second-order valence-corrected chi connectivity index (χ2v) is 9.29. The third kappa shape index (κ3) is 3.60. The quantitative estimate of drug-likeness (QED) is 0.297. The Kier molecular flexibility index (Phi) is 5.06. The molecule has 3 aromatic carbocycles. The highest BCUT2D eigenvalue weighted by molar-refractivity contribution is 7.87. The summed E-state index contributed by atoms with van der Waals surface area (Å²) in [5.41, 5.74) is 2.78. The van der Waals surface area contributed by atoms with Gasteiger partial charge in [0.25, 0.3) is 0 Å². The van der Waals surface area contributed by atoms with Crippen molar-refractivity contribution >= 4 is 32.9 Å². The van der Waals surface area contributed by atoms with Crippen molar-refractivity contribution in [2.75, 3.05) is 0 Å². The SMILES string of the molecule is CCn1cc(/C=C2/Oc3c(ccc(OS(=O)(=O)c4ccccc4)c3C)C2=O)c2ccccc21. The molecule has 166 valence electrons. The van der Waals surface area contributed by atoms with Gasteiger partial charge in [0.1, 0.15) is 16.4 Å². The van der Waals surface area contributed by atoms with Crippen LogP contribution < -0.4 is 8.92 Å². The molecule has 4 aromatic rings. The minimum Gasteiger partial charge on any atom is -0.452 e. The van der Waals surface area contributed by atoms with Crippen molar-refractivity contribution < 1.29 is 22.1 Å². The van der Waals surface area contributed by atoms with Crippen molar-refractivity contribution in [2.24, 2.45) is 0 Å². The van der Waals surface area contributed by atoms with E-state index in [4.69, 9.17) is 8.92 Å². The first-order valence-corrected chi connectivity index (χ1v) is 11.9. The minimum absolute atomic E-state index is 0.0507. The Morgan fingerprint density at radius 2 is 1.73 bits per heavy atom. The third-order valence-electron chi connectivity index (χ3n) is 5.71. The Balaban J connectivity index is 1.50. The Bertz CT molecular complexity index is 1530. The van der Waals surface area contributed by atoms with Crippen LogP contribution >= 0.6 is 0 Å². The van der Waals surface area contributed by atoms with E-state index in [-0.39, 0.29) is 22.2 Å². The van der Waals surface area contributed by atoms with Crippen molar-refractivity contribution in [1.82, 2.24) is 4.57 Å². The summed E-state index contributed by atoms with van der Waals surface area (Å²) in [6, 6.07) is 18.9. The van der Waals surface area contributed by atoms with Gasteiger partial charge < -0.3 is 13.5 Å². The fraction of sp³-hybridized carbons (Fsp3) is 0.115. The number of carbonyl (C=O) groups is 1. The highest BCUT2D eigenvalue weighted by Gasteiger charge is 2.31. The number of allylic oxidation sites excluding steroid dienone is 1. The number of ether oxygens (including phenoxy) is 1. The number of rotatable bonds is 5. The van der Waals surface area contributed by atoms with E-state index in [0.717, 1.165) is 23.0 Å². The summed E-state index contributed by atoms with van der Waals surface area (Å²) in [7, 11) is -4.01. The first-order chi connectivity index (χ1) is 15.9. The van der Waals surface area contributed by atoms with Crippen LogP contribution in [0, 0.1) is 6.92 Å². The summed E-state index contributed by atoms with van der Waals surface area (Å²) in [6.45, 7) is 4.53. The van der Waals surface area contributed by atoms with Crippen LogP contribution in [-0.4, -0.2) is 18.8 Å². The molecule has 0 saturated heterocycles. The summed E-state index contributed by atoms with van der Waals surface area (Å²) >= 11 is 0. The fourth-order valence-corrected chi connectivity index (χ4v) is 5.01. The van der Waals surface area contributed by atoms with Crippen LogP contribution in [0.25, 0.3) is 17.0 Å². The number of hydrogen-bond acceptors (Lipinski definition) is 5. The average molecular weight is 460 g/mol. The predicted molar refractivity (Wildman–Crippen MR) is 126 cm³/mol. The van der Waals surface area contributed by atoms with Gasteiger partial charge in [0.2, 0.25) is 5.78 Å². The first kappa shape index (κ1) is 21.0. The Labute approximate surface area is 191 Å². The molecular weight excluding hydrogens is 438 g/mol. The van der Waals surface area contributed by atoms with E-state index in [1.807, 2.05) is 30.5 Å². The summed E-state index contributed by atoms with van der Waals surface area (Å²) < 4.78 is 38.7. The zero-order valence-electron chi connectivity index (χ0n) is 18.1. The van der Waals surface area contributed by atoms with Crippen LogP contribution in [0.2, 0.25) is 0 Å². The molecule has 0 saturated carbocycles. The molecular formula is C26H21NO5S. The van der Waals surface area contributed by atoms with E-state index in [0.29, 0.717) is 16.9 Å². The number of carbonyl (C=O) groups excluding carboxylic acids is 1. The molecule has 1 aromatic heterocycles. The number of benzene rings is 3. The topological polar surface area (TPSA) is 74.6 Å². The minimum atomic E-state index is -4.01. The highest BCUT2D eigenvalue weighted by Crippen LogP contribution is 2.40. The van der Waals surface area contributed by atoms with E-state index in [1.165, 1.54) is 24.3 Å². The van der Waals surface area contributed by atoms with Gasteiger partial charge in [-0.25, -0.2) is 0 Å². The zero-order valence-corrected chi connectivity index (χ0v) is 18.9. The van der Waals surface area contributed by atoms with Crippen molar-refractivity contribution in [2.45, 2.75) is 25.3 Å². The maximum absolute atomic E-state index is 13.0. The number of hydrogen-bond donors (Lipinski definition) is 0. The lowest BCUT2D eigenvalue weighted by molar-refractivity contribution is 0.101. The predicted octanol–water partition coefficient (Wildman–Crippen LogP) is 5.35. The first-order valence-electron chi connectivity index (χ1n) is 10.5. The smallest absolute Gasteiger partial charge is 0.339 e. The standard InChI is InChI=1S/C26H21NO5S/c1-3-27-16-18(20-11-7-8-12-22(20)27)15-24-25(28)21-13-14-23(17(2)26(21)31-24)32-33(29,30)19-9-5-4-6-10-19/h4-16H,3H2,1-2H3/b24-15+. The van der Waals surface area contributed by atoms with E-state index in [2.05, 4.69) is 11.5 Å². The maximum atomic E-state index is 13.0. The summed E-state index contributed by atoms with van der Waals surface area (Å²) in [6.07, 6.45) is 3.72. The average Bonchev–Trinajstić information content (AvgIpc) is 3.34. The second-order valence-electron chi connectivity index (χ2n) is 7.74. The molecule has 0 N–H and O–H groups in total. The second kappa shape index (κ2) is 7.94. The largest absolute Gasteiger partial charge is 0.452 e. The molecule has 0 atom stereocenters. The van der Waals surface area contributed by atoms with E-state index < -0.39 is 10.1 Å². The van der Waals surface area contributed by atoms with E-state index in [1.54, 1.807) is 31.2 Å². The van der Waals surface area contributed by atoms with Gasteiger partial charge in [-0.1, -0.05) is 36.4 Å². The fourth-order valence-electron chi connectivity index (χ4n) is 4.00. The van der Waals surface area contributed by atoms with Crippen LogP contribution in [-0.2, 0) is 16.7 Å². The van der Waals surface area contributed by atoms with Crippen molar-refractivity contribution in [1.29, 1.82) is 0 Å². The Hall–Kier alpha value is -3.84. The number of aromatic nitrogens is 1. The number of fused-ring (bicyclic) bond motifs is 2. The van der Waals surface area contributed by atoms with Gasteiger partial charge >= 0.3 is 10.1 Å². The van der Waals surface area contributed by atoms with Crippen LogP contribution in [0.5, 0.6) is 11.5 Å². The molecule has 7 heteroatoms. The number of para-hydroxylation sites is 1. The number of aryl methyl sites for hydroxylation is 1. The highest BCUT2D eigenvalue weighted by atomic mass is 32.2. The molecule has 0 aliphatic carbocycles. The number of ketones is 1. The zero-order chi connectivity index (χ0) is 23.2. The van der Waals surface area contributed by atoms with Gasteiger partial charge in [-0.3, -0.25) is 4.79 Å². The van der Waals surface area contributed by atoms with Gasteiger partial charge in [0.05, 0.1) is 5.56 Å². The molecule has 0 bridgehead atoms. The number of nitrogens with zero attached hydrogens (tertiary/aromatic N) is 1. The molecule has 0 spiro atoms. The molecule has 0 fully saturated rings. The molecule has 2 heterocycles. The Morgan fingerprint density at radius 1 is 1.00 bits per heavy atom. The lowest BCUT2D eigenvalue weighted by atomic mass is 10.1. The monoisotopic (exact) mass is 459 g/mol. The summed E-state index contributed by atoms with van der Waals surface area (Å²) in [5.74, 6) is 0.370. The molecule has 1 aliphatic rings. The van der Waals surface area contributed by atoms with Crippen molar-refractivity contribution in [3.05, 3.63) is 95.4 Å². The molecule has 33 heavy (non-hydrogen) atoms. The Morgan fingerprint density at radius 3 is 2.48 bits per heavy atom. The van der Waals surface area contributed by atoms with Gasteiger partial charge in [0, 0.05) is 34.8 Å². The molecule has 0 radical (unpaired) electrons. The lowest BCUT2D eigenvalue weighted by Gasteiger charge is -2.11.